The van der Waals surface area contributed by atoms with Gasteiger partial charge in [-0.05, 0) is 59.0 Å². The molecule has 0 aliphatic heterocycles. The van der Waals surface area contributed by atoms with Gasteiger partial charge in [-0.25, -0.2) is 4.68 Å². The number of halogens is 1. The molecule has 0 radical (unpaired) electrons. The Labute approximate surface area is 161 Å². The van der Waals surface area contributed by atoms with Crippen molar-refractivity contribution in [2.24, 2.45) is 0 Å². The molecule has 0 saturated heterocycles. The van der Waals surface area contributed by atoms with Crippen LogP contribution in [0.15, 0.2) is 97.7 Å². The SMILES string of the molecule is C=CN(c1ccccc1)n1c(-c2ccccc2)cc2cc(I)ccc21. The Morgan fingerprint density at radius 3 is 2.20 bits per heavy atom. The monoisotopic (exact) mass is 436 g/mol. The lowest BCUT2D eigenvalue weighted by molar-refractivity contribution is 0.856. The summed E-state index contributed by atoms with van der Waals surface area (Å²) in [6.45, 7) is 4.06. The van der Waals surface area contributed by atoms with E-state index in [0.717, 1.165) is 16.9 Å². The van der Waals surface area contributed by atoms with Crippen molar-refractivity contribution in [2.45, 2.75) is 0 Å². The minimum atomic E-state index is 1.07. The highest BCUT2D eigenvalue weighted by atomic mass is 127. The predicted molar refractivity (Wildman–Crippen MR) is 115 cm³/mol. The summed E-state index contributed by atoms with van der Waals surface area (Å²) in [4.78, 5) is 0. The van der Waals surface area contributed by atoms with Crippen molar-refractivity contribution in [3.05, 3.63) is 101 Å². The van der Waals surface area contributed by atoms with Crippen LogP contribution in [0, 0.1) is 3.57 Å². The van der Waals surface area contributed by atoms with Crippen LogP contribution in [-0.2, 0) is 0 Å². The fourth-order valence-electron chi connectivity index (χ4n) is 3.10. The molecule has 1 heterocycles. The summed E-state index contributed by atoms with van der Waals surface area (Å²) in [5.74, 6) is 0. The first kappa shape index (κ1) is 16.0. The topological polar surface area (TPSA) is 8.17 Å². The van der Waals surface area contributed by atoms with Crippen LogP contribution < -0.4 is 5.01 Å². The summed E-state index contributed by atoms with van der Waals surface area (Å²) < 4.78 is 3.45. The molecule has 0 bridgehead atoms. The molecule has 3 aromatic carbocycles. The van der Waals surface area contributed by atoms with Crippen molar-refractivity contribution in [3.8, 4) is 11.3 Å². The fraction of sp³-hybridized carbons (Fsp3) is 0. The molecule has 0 amide bonds. The molecule has 0 atom stereocenters. The Hall–Kier alpha value is -2.53. The summed E-state index contributed by atoms with van der Waals surface area (Å²) in [6, 6.07) is 29.5. The van der Waals surface area contributed by atoms with Gasteiger partial charge in [-0.1, -0.05) is 55.1 Å². The highest BCUT2D eigenvalue weighted by Crippen LogP contribution is 2.32. The molecule has 0 aliphatic rings. The lowest BCUT2D eigenvalue weighted by Gasteiger charge is -2.25. The molecule has 0 spiro atoms. The van der Waals surface area contributed by atoms with Crippen LogP contribution in [0.3, 0.4) is 0 Å². The van der Waals surface area contributed by atoms with Gasteiger partial charge in [0.1, 0.15) is 0 Å². The fourth-order valence-corrected chi connectivity index (χ4v) is 3.62. The van der Waals surface area contributed by atoms with E-state index < -0.39 is 0 Å². The van der Waals surface area contributed by atoms with Crippen LogP contribution in [0.5, 0.6) is 0 Å². The first-order valence-electron chi connectivity index (χ1n) is 8.11. The first-order valence-corrected chi connectivity index (χ1v) is 9.19. The molecule has 4 rings (SSSR count). The Bertz CT molecular complexity index is 1020. The van der Waals surface area contributed by atoms with Crippen LogP contribution >= 0.6 is 22.6 Å². The summed E-state index contributed by atoms with van der Waals surface area (Å²) in [6.07, 6.45) is 1.86. The van der Waals surface area contributed by atoms with E-state index in [0.29, 0.717) is 0 Å². The van der Waals surface area contributed by atoms with Crippen LogP contribution in [0.4, 0.5) is 5.69 Å². The first-order chi connectivity index (χ1) is 12.3. The highest BCUT2D eigenvalue weighted by molar-refractivity contribution is 14.1. The van der Waals surface area contributed by atoms with Gasteiger partial charge in [0.05, 0.1) is 16.9 Å². The van der Waals surface area contributed by atoms with E-state index in [1.54, 1.807) is 0 Å². The second-order valence-electron chi connectivity index (χ2n) is 5.77. The normalized spacial score (nSPS) is 10.8. The Morgan fingerprint density at radius 1 is 0.840 bits per heavy atom. The maximum atomic E-state index is 4.06. The average Bonchev–Trinajstić information content (AvgIpc) is 3.02. The summed E-state index contributed by atoms with van der Waals surface area (Å²) in [5.41, 5.74) is 4.55. The second-order valence-corrected chi connectivity index (χ2v) is 7.02. The molecule has 0 aliphatic carbocycles. The van der Waals surface area contributed by atoms with Gasteiger partial charge in [0.15, 0.2) is 0 Å². The third-order valence-electron chi connectivity index (χ3n) is 4.22. The number of anilines is 1. The van der Waals surface area contributed by atoms with Crippen molar-refractivity contribution in [1.82, 2.24) is 4.68 Å². The molecular formula is C22H17IN2. The Balaban J connectivity index is 2.02. The largest absolute Gasteiger partial charge is 0.257 e. The number of nitrogens with zero attached hydrogens (tertiary/aromatic N) is 2. The summed E-state index contributed by atoms with van der Waals surface area (Å²) in [5, 5.41) is 3.31. The zero-order valence-corrected chi connectivity index (χ0v) is 15.8. The molecule has 0 fully saturated rings. The van der Waals surface area contributed by atoms with Gasteiger partial charge in [0, 0.05) is 20.7 Å². The van der Waals surface area contributed by atoms with Gasteiger partial charge >= 0.3 is 0 Å². The molecule has 2 nitrogen and oxygen atoms in total. The quantitative estimate of drug-likeness (QED) is 0.340. The van der Waals surface area contributed by atoms with E-state index in [2.05, 4.69) is 99.5 Å². The number of fused-ring (bicyclic) bond motifs is 1. The van der Waals surface area contributed by atoms with Gasteiger partial charge in [-0.2, -0.15) is 0 Å². The van der Waals surface area contributed by atoms with Gasteiger partial charge < -0.3 is 0 Å². The standard InChI is InChI=1S/C22H17IN2/c1-2-24(20-11-7-4-8-12-20)25-21-14-13-19(23)15-18(21)16-22(25)17-9-5-3-6-10-17/h2-16H,1H2. The number of aromatic nitrogens is 1. The number of benzene rings is 3. The number of rotatable bonds is 4. The summed E-state index contributed by atoms with van der Waals surface area (Å²) in [7, 11) is 0. The number of hydrogen-bond donors (Lipinski definition) is 0. The zero-order chi connectivity index (χ0) is 17.2. The van der Waals surface area contributed by atoms with Gasteiger partial charge in [-0.15, -0.1) is 0 Å². The van der Waals surface area contributed by atoms with Crippen LogP contribution in [0.1, 0.15) is 0 Å². The lowest BCUT2D eigenvalue weighted by atomic mass is 10.1. The van der Waals surface area contributed by atoms with Crippen LogP contribution in [0.2, 0.25) is 0 Å². The van der Waals surface area contributed by atoms with Gasteiger partial charge in [0.2, 0.25) is 0 Å². The van der Waals surface area contributed by atoms with E-state index in [1.807, 2.05) is 30.5 Å². The Morgan fingerprint density at radius 2 is 1.52 bits per heavy atom. The maximum absolute atomic E-state index is 4.06. The van der Waals surface area contributed by atoms with Crippen molar-refractivity contribution in [1.29, 1.82) is 0 Å². The van der Waals surface area contributed by atoms with Gasteiger partial charge in [0.25, 0.3) is 0 Å². The van der Waals surface area contributed by atoms with Crippen molar-refractivity contribution in [3.63, 3.8) is 0 Å². The van der Waals surface area contributed by atoms with Crippen molar-refractivity contribution >= 4 is 39.2 Å². The second kappa shape index (κ2) is 6.76. The van der Waals surface area contributed by atoms with Gasteiger partial charge in [-0.3, -0.25) is 5.01 Å². The molecule has 3 heteroatoms. The van der Waals surface area contributed by atoms with Crippen LogP contribution in [0.25, 0.3) is 22.2 Å². The Kier molecular flexibility index (Phi) is 4.32. The molecule has 25 heavy (non-hydrogen) atoms. The third-order valence-corrected chi connectivity index (χ3v) is 4.89. The molecule has 0 saturated carbocycles. The van der Waals surface area contributed by atoms with E-state index in [9.17, 15) is 0 Å². The summed E-state index contributed by atoms with van der Waals surface area (Å²) >= 11 is 2.36. The minimum Gasteiger partial charge on any atom is -0.257 e. The van der Waals surface area contributed by atoms with E-state index in [1.165, 1.54) is 14.5 Å². The smallest absolute Gasteiger partial charge is 0.0716 e. The molecule has 1 aromatic heterocycles. The third kappa shape index (κ3) is 2.96. The van der Waals surface area contributed by atoms with E-state index >= 15 is 0 Å². The lowest BCUT2D eigenvalue weighted by Crippen LogP contribution is -2.23. The molecular weight excluding hydrogens is 419 g/mol. The predicted octanol–water partition coefficient (Wildman–Crippen LogP) is 6.33. The number of hydrogen-bond acceptors (Lipinski definition) is 1. The van der Waals surface area contributed by atoms with E-state index in [-0.39, 0.29) is 0 Å². The number of para-hydroxylation sites is 1. The molecule has 122 valence electrons. The molecule has 0 N–H and O–H groups in total. The van der Waals surface area contributed by atoms with Crippen LogP contribution in [-0.4, -0.2) is 4.68 Å². The molecule has 0 unspecified atom stereocenters. The average molecular weight is 436 g/mol. The maximum Gasteiger partial charge on any atom is 0.0716 e. The van der Waals surface area contributed by atoms with E-state index in [4.69, 9.17) is 0 Å². The minimum absolute atomic E-state index is 1.07. The zero-order valence-electron chi connectivity index (χ0n) is 13.6. The van der Waals surface area contributed by atoms with Crippen molar-refractivity contribution < 1.29 is 0 Å². The highest BCUT2D eigenvalue weighted by Gasteiger charge is 2.16. The molecule has 4 aromatic rings. The van der Waals surface area contributed by atoms with Crippen molar-refractivity contribution in [2.75, 3.05) is 5.01 Å².